The summed E-state index contributed by atoms with van der Waals surface area (Å²) in [4.78, 5) is 11.8. The minimum absolute atomic E-state index is 0.308. The molecule has 0 radical (unpaired) electrons. The summed E-state index contributed by atoms with van der Waals surface area (Å²) in [7, 11) is 0. The van der Waals surface area contributed by atoms with Gasteiger partial charge in [0.05, 0.1) is 0 Å². The van der Waals surface area contributed by atoms with Crippen molar-refractivity contribution in [1.82, 2.24) is 10.4 Å². The molecule has 1 saturated heterocycles. The number of halogens is 1. The molecule has 0 unspecified atom stereocenters. The molecule has 1 aromatic carbocycles. The quantitative estimate of drug-likeness (QED) is 0.395. The highest BCUT2D eigenvalue weighted by molar-refractivity contribution is 6.30. The number of nitrogens with one attached hydrogen (secondary N) is 2. The zero-order chi connectivity index (χ0) is 12.4. The topological polar surface area (TPSA) is 82.2 Å². The fourth-order valence-electron chi connectivity index (χ4n) is 1.56. The standard InChI is InChI=1S/C11H11ClN4O/c12-9-3-1-2-7(5-9)4-8-6-15-16(10(8)17)11(13)14/h1-5,15H,6H2,(H3,13,14)/b8-4+. The van der Waals surface area contributed by atoms with Crippen LogP contribution in [0.3, 0.4) is 0 Å². The van der Waals surface area contributed by atoms with Crippen molar-refractivity contribution in [3.8, 4) is 0 Å². The van der Waals surface area contributed by atoms with Crippen LogP contribution in [-0.4, -0.2) is 23.4 Å². The number of hydrogen-bond acceptors (Lipinski definition) is 3. The van der Waals surface area contributed by atoms with E-state index in [1.807, 2.05) is 12.1 Å². The van der Waals surface area contributed by atoms with Crippen LogP contribution in [0, 0.1) is 5.41 Å². The first-order chi connectivity index (χ1) is 8.08. The van der Waals surface area contributed by atoms with Crippen LogP contribution in [0.4, 0.5) is 0 Å². The van der Waals surface area contributed by atoms with Crippen LogP contribution < -0.4 is 11.2 Å². The lowest BCUT2D eigenvalue weighted by atomic mass is 10.1. The van der Waals surface area contributed by atoms with Crippen molar-refractivity contribution in [3.63, 3.8) is 0 Å². The molecule has 0 aromatic heterocycles. The Kier molecular flexibility index (Phi) is 3.12. The van der Waals surface area contributed by atoms with E-state index >= 15 is 0 Å². The van der Waals surface area contributed by atoms with Gasteiger partial charge in [-0.3, -0.25) is 10.2 Å². The molecule has 1 amide bonds. The van der Waals surface area contributed by atoms with Gasteiger partial charge >= 0.3 is 0 Å². The number of hydrazine groups is 1. The normalized spacial score (nSPS) is 17.8. The monoisotopic (exact) mass is 250 g/mol. The number of rotatable bonds is 1. The molecule has 1 aliphatic heterocycles. The van der Waals surface area contributed by atoms with Crippen molar-refractivity contribution in [2.45, 2.75) is 0 Å². The zero-order valence-corrected chi connectivity index (χ0v) is 9.66. The van der Waals surface area contributed by atoms with Crippen LogP contribution in [0.5, 0.6) is 0 Å². The number of carbonyl (C=O) groups is 1. The molecular weight excluding hydrogens is 240 g/mol. The first kappa shape index (κ1) is 11.6. The van der Waals surface area contributed by atoms with Gasteiger partial charge in [-0.25, -0.2) is 10.4 Å². The van der Waals surface area contributed by atoms with E-state index in [4.69, 9.17) is 22.7 Å². The van der Waals surface area contributed by atoms with E-state index in [0.29, 0.717) is 17.1 Å². The van der Waals surface area contributed by atoms with E-state index in [1.54, 1.807) is 18.2 Å². The highest BCUT2D eigenvalue weighted by atomic mass is 35.5. The van der Waals surface area contributed by atoms with Crippen molar-refractivity contribution in [2.75, 3.05) is 6.54 Å². The average Bonchev–Trinajstić information content (AvgIpc) is 2.61. The van der Waals surface area contributed by atoms with Gasteiger partial charge in [0, 0.05) is 17.1 Å². The molecule has 0 aliphatic carbocycles. The number of nitrogens with two attached hydrogens (primary N) is 1. The van der Waals surface area contributed by atoms with Crippen molar-refractivity contribution in [2.24, 2.45) is 5.73 Å². The number of guanidine groups is 1. The molecule has 6 heteroatoms. The minimum atomic E-state index is -0.315. The number of amides is 1. The highest BCUT2D eigenvalue weighted by Gasteiger charge is 2.27. The average molecular weight is 251 g/mol. The number of carbonyl (C=O) groups excluding carboxylic acids is 1. The minimum Gasteiger partial charge on any atom is -0.369 e. The van der Waals surface area contributed by atoms with E-state index in [-0.39, 0.29) is 11.9 Å². The van der Waals surface area contributed by atoms with Crippen molar-refractivity contribution < 1.29 is 4.79 Å². The second-order valence-corrected chi connectivity index (χ2v) is 4.02. The molecule has 0 spiro atoms. The summed E-state index contributed by atoms with van der Waals surface area (Å²) in [5.41, 5.74) is 9.35. The van der Waals surface area contributed by atoms with E-state index < -0.39 is 0 Å². The van der Waals surface area contributed by atoms with Crippen LogP contribution >= 0.6 is 11.6 Å². The lowest BCUT2D eigenvalue weighted by Crippen LogP contribution is -2.44. The summed E-state index contributed by atoms with van der Waals surface area (Å²) >= 11 is 5.85. The molecule has 5 nitrogen and oxygen atoms in total. The van der Waals surface area contributed by atoms with Gasteiger partial charge in [0.1, 0.15) is 0 Å². The molecule has 0 atom stereocenters. The van der Waals surface area contributed by atoms with Gasteiger partial charge in [0.25, 0.3) is 5.91 Å². The van der Waals surface area contributed by atoms with Gasteiger partial charge in [0.2, 0.25) is 5.96 Å². The summed E-state index contributed by atoms with van der Waals surface area (Å²) in [6, 6.07) is 7.19. The van der Waals surface area contributed by atoms with Crippen LogP contribution in [0.1, 0.15) is 5.56 Å². The van der Waals surface area contributed by atoms with E-state index in [2.05, 4.69) is 5.43 Å². The maximum Gasteiger partial charge on any atom is 0.272 e. The lowest BCUT2D eigenvalue weighted by Gasteiger charge is -2.10. The molecule has 1 aromatic rings. The van der Waals surface area contributed by atoms with Gasteiger partial charge in [0.15, 0.2) is 0 Å². The Hall–Kier alpha value is -1.85. The van der Waals surface area contributed by atoms with Crippen LogP contribution in [0.2, 0.25) is 5.02 Å². The third-order valence-electron chi connectivity index (χ3n) is 2.34. The third-order valence-corrected chi connectivity index (χ3v) is 2.57. The van der Waals surface area contributed by atoms with Gasteiger partial charge in [-0.05, 0) is 23.8 Å². The largest absolute Gasteiger partial charge is 0.369 e. The van der Waals surface area contributed by atoms with Crippen molar-refractivity contribution >= 4 is 29.5 Å². The Morgan fingerprint density at radius 2 is 2.35 bits per heavy atom. The summed E-state index contributed by atoms with van der Waals surface area (Å²) < 4.78 is 0. The number of hydrogen-bond donors (Lipinski definition) is 3. The summed E-state index contributed by atoms with van der Waals surface area (Å²) in [6.45, 7) is 0.352. The first-order valence-electron chi connectivity index (χ1n) is 4.96. The van der Waals surface area contributed by atoms with E-state index in [1.165, 1.54) is 0 Å². The van der Waals surface area contributed by atoms with Gasteiger partial charge in [-0.2, -0.15) is 0 Å². The fraction of sp³-hybridized carbons (Fsp3) is 0.0909. The molecule has 1 aliphatic rings. The Balaban J connectivity index is 2.25. The molecule has 1 fully saturated rings. The van der Waals surface area contributed by atoms with E-state index in [0.717, 1.165) is 10.6 Å². The summed E-state index contributed by atoms with van der Waals surface area (Å²) in [5.74, 6) is -0.623. The smallest absolute Gasteiger partial charge is 0.272 e. The predicted molar refractivity (Wildman–Crippen MR) is 66.2 cm³/mol. The Morgan fingerprint density at radius 3 is 2.94 bits per heavy atom. The summed E-state index contributed by atoms with van der Waals surface area (Å²) in [5, 5.41) is 8.82. The Labute approximate surface area is 103 Å². The lowest BCUT2D eigenvalue weighted by molar-refractivity contribution is -0.122. The van der Waals surface area contributed by atoms with Crippen LogP contribution in [0.15, 0.2) is 29.8 Å². The van der Waals surface area contributed by atoms with Crippen LogP contribution in [0.25, 0.3) is 6.08 Å². The molecule has 88 valence electrons. The van der Waals surface area contributed by atoms with Crippen molar-refractivity contribution in [3.05, 3.63) is 40.4 Å². The zero-order valence-electron chi connectivity index (χ0n) is 8.90. The van der Waals surface area contributed by atoms with E-state index in [9.17, 15) is 4.79 Å². The molecular formula is C11H11ClN4O. The predicted octanol–water partition coefficient (Wildman–Crippen LogP) is 0.964. The molecule has 0 saturated carbocycles. The maximum atomic E-state index is 11.8. The molecule has 4 N–H and O–H groups in total. The van der Waals surface area contributed by atoms with Crippen LogP contribution in [-0.2, 0) is 4.79 Å². The Morgan fingerprint density at radius 1 is 1.59 bits per heavy atom. The first-order valence-corrected chi connectivity index (χ1v) is 5.34. The third kappa shape index (κ3) is 2.46. The highest BCUT2D eigenvalue weighted by Crippen LogP contribution is 2.16. The molecule has 17 heavy (non-hydrogen) atoms. The number of nitrogens with zero attached hydrogens (tertiary/aromatic N) is 1. The van der Waals surface area contributed by atoms with Crippen molar-refractivity contribution in [1.29, 1.82) is 5.41 Å². The summed E-state index contributed by atoms with van der Waals surface area (Å²) in [6.07, 6.45) is 1.73. The van der Waals surface area contributed by atoms with Gasteiger partial charge in [-0.1, -0.05) is 23.7 Å². The Bertz CT molecular complexity index is 512. The molecule has 2 rings (SSSR count). The second kappa shape index (κ2) is 4.57. The number of benzene rings is 1. The van der Waals surface area contributed by atoms with Gasteiger partial charge in [-0.15, -0.1) is 0 Å². The maximum absolute atomic E-state index is 11.8. The molecule has 1 heterocycles. The SMILES string of the molecule is N=C(N)N1NC/C(=C\c2cccc(Cl)c2)C1=O. The molecule has 0 bridgehead atoms. The second-order valence-electron chi connectivity index (χ2n) is 3.59. The fourth-order valence-corrected chi connectivity index (χ4v) is 1.76. The van der Waals surface area contributed by atoms with Gasteiger partial charge < -0.3 is 5.73 Å².